The molecular weight excluding hydrogens is 336 g/mol. The Labute approximate surface area is 153 Å². The monoisotopic (exact) mass is 364 g/mol. The van der Waals surface area contributed by atoms with Crippen LogP contribution in [0.3, 0.4) is 0 Å². The molecule has 0 aromatic rings. The molecule has 0 aromatic heterocycles. The summed E-state index contributed by atoms with van der Waals surface area (Å²) in [7, 11) is 0. The maximum absolute atomic E-state index is 12.6. The van der Waals surface area contributed by atoms with Crippen LogP contribution in [0.5, 0.6) is 0 Å². The molecule has 2 aliphatic carbocycles. The first kappa shape index (κ1) is 18.7. The van der Waals surface area contributed by atoms with Gasteiger partial charge in [0, 0.05) is 6.04 Å². The van der Waals surface area contributed by atoms with E-state index >= 15 is 0 Å². The third-order valence-corrected chi connectivity index (χ3v) is 5.94. The van der Waals surface area contributed by atoms with Gasteiger partial charge < -0.3 is 10.6 Å². The predicted octanol–water partition coefficient (Wildman–Crippen LogP) is 1.65. The number of carbonyl (C=O) groups is 4. The highest BCUT2D eigenvalue weighted by atomic mass is 16.2. The summed E-state index contributed by atoms with van der Waals surface area (Å²) in [6.07, 6.45) is 8.21. The topological polar surface area (TPSA) is 108 Å². The first-order valence-electron chi connectivity index (χ1n) is 9.66. The highest BCUT2D eigenvalue weighted by Gasteiger charge is 2.51. The highest BCUT2D eigenvalue weighted by molar-refractivity contribution is 6.10. The molecule has 8 heteroatoms. The molecule has 8 nitrogen and oxygen atoms in total. The normalized spacial score (nSPS) is 28.0. The third kappa shape index (κ3) is 3.83. The number of nitrogens with zero attached hydrogens (tertiary/aromatic N) is 1. The summed E-state index contributed by atoms with van der Waals surface area (Å²) in [6, 6.07) is -1.06. The van der Waals surface area contributed by atoms with E-state index in [0.717, 1.165) is 49.8 Å². The number of carbonyl (C=O) groups excluding carboxylic acids is 4. The third-order valence-electron chi connectivity index (χ3n) is 5.94. The molecular formula is C18H28N4O4. The smallest absolute Gasteiger partial charge is 0.325 e. The molecule has 1 heterocycles. The van der Waals surface area contributed by atoms with Gasteiger partial charge in [0.1, 0.15) is 12.1 Å². The van der Waals surface area contributed by atoms with Gasteiger partial charge in [-0.1, -0.05) is 39.0 Å². The van der Waals surface area contributed by atoms with Crippen molar-refractivity contribution >= 4 is 23.9 Å². The number of nitrogens with one attached hydrogen (secondary N) is 3. The van der Waals surface area contributed by atoms with Crippen molar-refractivity contribution in [2.45, 2.75) is 76.3 Å². The van der Waals surface area contributed by atoms with E-state index in [2.05, 4.69) is 22.9 Å². The van der Waals surface area contributed by atoms with Crippen molar-refractivity contribution in [3.8, 4) is 0 Å². The lowest BCUT2D eigenvalue weighted by Crippen LogP contribution is -2.51. The Bertz CT molecular complexity index is 600. The van der Waals surface area contributed by atoms with E-state index in [0.29, 0.717) is 18.8 Å². The van der Waals surface area contributed by atoms with Crippen LogP contribution >= 0.6 is 0 Å². The van der Waals surface area contributed by atoms with Gasteiger partial charge in [-0.2, -0.15) is 0 Å². The van der Waals surface area contributed by atoms with E-state index in [9.17, 15) is 19.2 Å². The lowest BCUT2D eigenvalue weighted by molar-refractivity contribution is -0.135. The Morgan fingerprint density at radius 3 is 2.50 bits per heavy atom. The van der Waals surface area contributed by atoms with Crippen molar-refractivity contribution in [2.24, 2.45) is 5.92 Å². The highest BCUT2D eigenvalue weighted by Crippen LogP contribution is 2.33. The average Bonchev–Trinajstić information content (AvgIpc) is 2.81. The van der Waals surface area contributed by atoms with Crippen LogP contribution in [0, 0.1) is 5.92 Å². The fourth-order valence-corrected chi connectivity index (χ4v) is 4.36. The Morgan fingerprint density at radius 2 is 1.81 bits per heavy atom. The minimum Gasteiger partial charge on any atom is -0.335 e. The second-order valence-corrected chi connectivity index (χ2v) is 7.85. The van der Waals surface area contributed by atoms with Gasteiger partial charge in [0.15, 0.2) is 0 Å². The van der Waals surface area contributed by atoms with Crippen LogP contribution < -0.4 is 16.0 Å². The molecule has 1 spiro atoms. The standard InChI is InChI=1S/C18H28N4O4/c1-12-7-3-4-8-13(12)19-16(25)20-14(23)11-22-15(24)18(21-17(22)26)9-5-2-6-10-18/h12-13H,2-11H2,1H3,(H,21,26)(H2,19,20,23,25)/t12-,13-/m1/s1. The first-order chi connectivity index (χ1) is 12.4. The molecule has 3 N–H and O–H groups in total. The summed E-state index contributed by atoms with van der Waals surface area (Å²) in [5.41, 5.74) is -0.852. The molecule has 26 heavy (non-hydrogen) atoms. The maximum Gasteiger partial charge on any atom is 0.325 e. The van der Waals surface area contributed by atoms with Crippen molar-refractivity contribution in [1.29, 1.82) is 0 Å². The fraction of sp³-hybridized carbons (Fsp3) is 0.778. The summed E-state index contributed by atoms with van der Waals surface area (Å²) in [5.74, 6) is -0.623. The second-order valence-electron chi connectivity index (χ2n) is 7.85. The quantitative estimate of drug-likeness (QED) is 0.662. The number of hydrogen-bond acceptors (Lipinski definition) is 4. The van der Waals surface area contributed by atoms with Gasteiger partial charge in [-0.15, -0.1) is 0 Å². The first-order valence-corrected chi connectivity index (χ1v) is 9.66. The van der Waals surface area contributed by atoms with Crippen molar-refractivity contribution in [3.63, 3.8) is 0 Å². The van der Waals surface area contributed by atoms with Gasteiger partial charge in [0.25, 0.3) is 5.91 Å². The van der Waals surface area contributed by atoms with Gasteiger partial charge in [-0.05, 0) is 31.6 Å². The number of amides is 6. The zero-order valence-electron chi connectivity index (χ0n) is 15.3. The molecule has 6 amide bonds. The Hall–Kier alpha value is -2.12. The summed E-state index contributed by atoms with van der Waals surface area (Å²) < 4.78 is 0. The second kappa shape index (κ2) is 7.63. The van der Waals surface area contributed by atoms with E-state index in [4.69, 9.17) is 0 Å². The van der Waals surface area contributed by atoms with Crippen molar-refractivity contribution in [2.75, 3.05) is 6.54 Å². The van der Waals surface area contributed by atoms with Crippen LogP contribution in [0.4, 0.5) is 9.59 Å². The van der Waals surface area contributed by atoms with Gasteiger partial charge >= 0.3 is 12.1 Å². The number of imide groups is 2. The van der Waals surface area contributed by atoms with Crippen molar-refractivity contribution in [1.82, 2.24) is 20.9 Å². The van der Waals surface area contributed by atoms with Crippen molar-refractivity contribution < 1.29 is 19.2 Å². The Balaban J connectivity index is 1.52. The van der Waals surface area contributed by atoms with E-state index < -0.39 is 30.1 Å². The number of urea groups is 2. The van der Waals surface area contributed by atoms with Crippen LogP contribution in [-0.4, -0.2) is 46.9 Å². The van der Waals surface area contributed by atoms with E-state index in [1.807, 2.05) is 0 Å². The molecule has 2 saturated carbocycles. The molecule has 1 saturated heterocycles. The van der Waals surface area contributed by atoms with Crippen LogP contribution in [0.2, 0.25) is 0 Å². The average molecular weight is 364 g/mol. The predicted molar refractivity (Wildman–Crippen MR) is 94.2 cm³/mol. The SMILES string of the molecule is C[C@@H]1CCCC[C@H]1NC(=O)NC(=O)CN1C(=O)NC2(CCCCC2)C1=O. The van der Waals surface area contributed by atoms with Gasteiger partial charge in [-0.3, -0.25) is 19.8 Å². The van der Waals surface area contributed by atoms with E-state index in [1.54, 1.807) is 0 Å². The molecule has 0 aromatic carbocycles. The van der Waals surface area contributed by atoms with E-state index in [1.165, 1.54) is 0 Å². The summed E-state index contributed by atoms with van der Waals surface area (Å²) in [5, 5.41) is 7.83. The summed E-state index contributed by atoms with van der Waals surface area (Å²) >= 11 is 0. The lowest BCUT2D eigenvalue weighted by atomic mass is 9.82. The zero-order valence-corrected chi connectivity index (χ0v) is 15.3. The number of hydrogen-bond donors (Lipinski definition) is 3. The maximum atomic E-state index is 12.6. The van der Waals surface area contributed by atoms with Gasteiger partial charge in [-0.25, -0.2) is 9.59 Å². The minimum absolute atomic E-state index is 0.0544. The summed E-state index contributed by atoms with van der Waals surface area (Å²) in [4.78, 5) is 49.9. The van der Waals surface area contributed by atoms with Crippen LogP contribution in [0.15, 0.2) is 0 Å². The van der Waals surface area contributed by atoms with Crippen molar-refractivity contribution in [3.05, 3.63) is 0 Å². The Kier molecular flexibility index (Phi) is 5.48. The molecule has 0 radical (unpaired) electrons. The van der Waals surface area contributed by atoms with Crippen LogP contribution in [0.25, 0.3) is 0 Å². The largest absolute Gasteiger partial charge is 0.335 e. The molecule has 3 aliphatic rings. The van der Waals surface area contributed by atoms with Gasteiger partial charge in [0.05, 0.1) is 0 Å². The molecule has 3 fully saturated rings. The van der Waals surface area contributed by atoms with E-state index in [-0.39, 0.29) is 11.9 Å². The molecule has 2 atom stereocenters. The van der Waals surface area contributed by atoms with Crippen LogP contribution in [0.1, 0.15) is 64.7 Å². The summed E-state index contributed by atoms with van der Waals surface area (Å²) in [6.45, 7) is 1.66. The van der Waals surface area contributed by atoms with Crippen LogP contribution in [-0.2, 0) is 9.59 Å². The zero-order chi connectivity index (χ0) is 18.7. The lowest BCUT2D eigenvalue weighted by Gasteiger charge is -2.30. The van der Waals surface area contributed by atoms with Gasteiger partial charge in [0.2, 0.25) is 5.91 Å². The molecule has 0 unspecified atom stereocenters. The molecule has 1 aliphatic heterocycles. The number of rotatable bonds is 3. The molecule has 144 valence electrons. The minimum atomic E-state index is -0.852. The Morgan fingerprint density at radius 1 is 1.12 bits per heavy atom. The molecule has 0 bridgehead atoms. The molecule has 3 rings (SSSR count). The fourth-order valence-electron chi connectivity index (χ4n) is 4.36.